The number of ether oxygens (including phenoxy) is 2. The summed E-state index contributed by atoms with van der Waals surface area (Å²) in [6.07, 6.45) is 30.7. The van der Waals surface area contributed by atoms with Crippen molar-refractivity contribution in [1.29, 1.82) is 0 Å². The van der Waals surface area contributed by atoms with Gasteiger partial charge in [0.25, 0.3) is 23.3 Å². The van der Waals surface area contributed by atoms with E-state index in [-0.39, 0.29) is 41.0 Å². The highest BCUT2D eigenvalue weighted by atomic mass is 16.5. The summed E-state index contributed by atoms with van der Waals surface area (Å²) in [4.78, 5) is 50.3. The van der Waals surface area contributed by atoms with Crippen LogP contribution in [-0.4, -0.2) is 71.3 Å². The molecule has 1 aromatic carbocycles. The zero-order chi connectivity index (χ0) is 49.9. The van der Waals surface area contributed by atoms with Gasteiger partial charge in [0.2, 0.25) is 11.8 Å². The molecule has 73 heavy (non-hydrogen) atoms. The Morgan fingerprint density at radius 3 is 1.36 bits per heavy atom. The number of aryl methyl sites for hydroxylation is 3. The molecular weight excluding hydrogens is 919 g/mol. The molecule has 0 saturated heterocycles. The van der Waals surface area contributed by atoms with Crippen molar-refractivity contribution in [3.8, 4) is 11.8 Å². The number of H-pyrrole nitrogens is 1. The standard InChI is InChI=1S/C22H27N3O2.C21H31N3O2.C15H21N3O2/c1-25-22(27-13-14-5-3-2-4-6-14)19(12-23-25)21(26)24-20-17-8-15-7-16(10-17)11-18(20)9-15;1-24-21(26-17-5-3-2-4-6-17)18(12-22-24)20(25)23-19-15-8-13-7-14(10-15)11-16(19)9-13;1-18-15(20)12(7-16-18)14(19)17-13-10-3-8-2-9(5-10)6-11(13)4-8/h2-6,12,15-18,20H,7-11,13H2,1H3,(H,24,26);12-17,19H,2-11H2,1H3,(H,23,25);7-11,13,16H,2-6H2,1H3,(H,17,19). The highest BCUT2D eigenvalue weighted by molar-refractivity contribution is 5.97. The molecule has 0 aliphatic heterocycles. The molecule has 13 fully saturated rings. The summed E-state index contributed by atoms with van der Waals surface area (Å²) in [7, 11) is 5.32. The minimum Gasteiger partial charge on any atom is -0.474 e. The second-order valence-corrected chi connectivity index (χ2v) is 25.0. The van der Waals surface area contributed by atoms with Gasteiger partial charge in [0.15, 0.2) is 0 Å². The average molecular weight is 998 g/mol. The smallest absolute Gasteiger partial charge is 0.279 e. The van der Waals surface area contributed by atoms with Crippen LogP contribution in [0.4, 0.5) is 0 Å². The number of rotatable bonds is 11. The van der Waals surface area contributed by atoms with Crippen molar-refractivity contribution in [2.24, 2.45) is 92.2 Å². The molecule has 0 radical (unpaired) electrons. The van der Waals surface area contributed by atoms with Crippen LogP contribution in [0.5, 0.6) is 11.8 Å². The van der Waals surface area contributed by atoms with Gasteiger partial charge in [-0.25, -0.2) is 9.36 Å². The molecule has 0 spiro atoms. The SMILES string of the molecule is Cn1[nH]cc(C(=O)NC2C3CC4CC(C3)CC2C4)c1=O.Cn1ncc(C(=O)NC2C3CC4CC(C3)CC2C4)c1OC1CCCCC1.Cn1ncc(C(=O)NC2C3CC4CC(C3)CC2C4)c1OCc1ccccc1. The zero-order valence-electron chi connectivity index (χ0n) is 43.4. The first kappa shape index (κ1) is 48.6. The molecule has 13 aliphatic carbocycles. The topological polar surface area (TPSA) is 179 Å². The molecule has 13 aliphatic rings. The number of nitrogens with zero attached hydrogens (tertiary/aromatic N) is 5. The molecule has 13 saturated carbocycles. The normalized spacial score (nSPS) is 34.9. The summed E-state index contributed by atoms with van der Waals surface area (Å²) in [5.41, 5.74) is 2.23. The molecule has 4 aromatic rings. The van der Waals surface area contributed by atoms with E-state index in [2.05, 4.69) is 31.2 Å². The third kappa shape index (κ3) is 10.0. The van der Waals surface area contributed by atoms with Gasteiger partial charge in [-0.15, -0.1) is 0 Å². The Balaban J connectivity index is 0.000000113. The molecule has 3 aromatic heterocycles. The number of aromatic amines is 1. The molecule has 3 heterocycles. The van der Waals surface area contributed by atoms with Gasteiger partial charge in [-0.3, -0.25) is 23.9 Å². The lowest BCUT2D eigenvalue weighted by atomic mass is 9.54. The van der Waals surface area contributed by atoms with Crippen molar-refractivity contribution in [3.63, 3.8) is 0 Å². The van der Waals surface area contributed by atoms with Crippen LogP contribution in [0.2, 0.25) is 0 Å². The van der Waals surface area contributed by atoms with Crippen LogP contribution in [0, 0.1) is 71.0 Å². The Hall–Kier alpha value is -5.34. The summed E-state index contributed by atoms with van der Waals surface area (Å²) in [5.74, 6) is 10.4. The van der Waals surface area contributed by atoms with E-state index >= 15 is 0 Å². The van der Waals surface area contributed by atoms with Gasteiger partial charge in [0.05, 0.1) is 12.4 Å². The predicted octanol–water partition coefficient (Wildman–Crippen LogP) is 8.51. The Labute approximate surface area is 430 Å². The van der Waals surface area contributed by atoms with Crippen molar-refractivity contribution >= 4 is 17.7 Å². The highest BCUT2D eigenvalue weighted by Crippen LogP contribution is 2.56. The lowest BCUT2D eigenvalue weighted by molar-refractivity contribution is -0.0120. The van der Waals surface area contributed by atoms with E-state index in [0.717, 1.165) is 53.9 Å². The van der Waals surface area contributed by atoms with Crippen LogP contribution in [0.25, 0.3) is 0 Å². The first-order chi connectivity index (χ1) is 35.5. The van der Waals surface area contributed by atoms with Crippen molar-refractivity contribution in [3.05, 3.63) is 81.5 Å². The van der Waals surface area contributed by atoms with Gasteiger partial charge in [0, 0.05) is 45.5 Å². The number of carbonyl (C=O) groups excluding carboxylic acids is 3. The van der Waals surface area contributed by atoms with Crippen LogP contribution >= 0.6 is 0 Å². The zero-order valence-corrected chi connectivity index (χ0v) is 43.4. The lowest BCUT2D eigenvalue weighted by Gasteiger charge is -2.54. The second kappa shape index (κ2) is 20.4. The molecule has 15 heteroatoms. The summed E-state index contributed by atoms with van der Waals surface area (Å²) < 4.78 is 16.9. The number of nitrogens with one attached hydrogen (secondary N) is 4. The Morgan fingerprint density at radius 2 is 0.945 bits per heavy atom. The molecule has 0 unspecified atom stereocenters. The third-order valence-corrected chi connectivity index (χ3v) is 20.1. The molecule has 4 N–H and O–H groups in total. The maximum absolute atomic E-state index is 13.1. The van der Waals surface area contributed by atoms with Gasteiger partial charge in [-0.1, -0.05) is 36.8 Å². The number of carbonyl (C=O) groups is 3. The average Bonchev–Trinajstić information content (AvgIpc) is 4.06. The van der Waals surface area contributed by atoms with Crippen LogP contribution < -0.4 is 31.0 Å². The second-order valence-electron chi connectivity index (χ2n) is 25.0. The summed E-state index contributed by atoms with van der Waals surface area (Å²) >= 11 is 0. The molecule has 17 rings (SSSR count). The number of aromatic nitrogens is 6. The molecule has 12 bridgehead atoms. The molecule has 15 nitrogen and oxygen atoms in total. The van der Waals surface area contributed by atoms with E-state index in [1.165, 1.54) is 126 Å². The largest absolute Gasteiger partial charge is 0.474 e. The van der Waals surface area contributed by atoms with E-state index in [1.807, 2.05) is 44.4 Å². The number of hydrogen-bond acceptors (Lipinski definition) is 8. The first-order valence-corrected chi connectivity index (χ1v) is 28.5. The monoisotopic (exact) mass is 998 g/mol. The predicted molar refractivity (Wildman–Crippen MR) is 276 cm³/mol. The fourth-order valence-corrected chi connectivity index (χ4v) is 17.3. The molecule has 3 amide bonds. The van der Waals surface area contributed by atoms with Gasteiger partial charge in [0.1, 0.15) is 29.4 Å². The van der Waals surface area contributed by atoms with Crippen molar-refractivity contribution < 1.29 is 23.9 Å². The lowest BCUT2D eigenvalue weighted by Crippen LogP contribution is -2.56. The first-order valence-electron chi connectivity index (χ1n) is 28.5. The summed E-state index contributed by atoms with van der Waals surface area (Å²) in [6.45, 7) is 0.429. The van der Waals surface area contributed by atoms with Gasteiger partial charge in [-0.2, -0.15) is 10.2 Å². The maximum Gasteiger partial charge on any atom is 0.279 e. The van der Waals surface area contributed by atoms with Crippen LogP contribution in [0.3, 0.4) is 0 Å². The van der Waals surface area contributed by atoms with Crippen molar-refractivity contribution in [2.45, 2.75) is 159 Å². The minimum absolute atomic E-state index is 0.0152. The quantitative estimate of drug-likeness (QED) is 0.116. The third-order valence-electron chi connectivity index (χ3n) is 20.1. The fourth-order valence-electron chi connectivity index (χ4n) is 17.3. The molecule has 0 atom stereocenters. The van der Waals surface area contributed by atoms with Gasteiger partial charge < -0.3 is 30.5 Å². The van der Waals surface area contributed by atoms with Crippen LogP contribution in [-0.2, 0) is 27.7 Å². The number of benzene rings is 1. The highest BCUT2D eigenvalue weighted by Gasteiger charge is 2.51. The molecule has 392 valence electrons. The van der Waals surface area contributed by atoms with E-state index < -0.39 is 0 Å². The van der Waals surface area contributed by atoms with Crippen molar-refractivity contribution in [1.82, 2.24) is 45.3 Å². The van der Waals surface area contributed by atoms with Crippen LogP contribution in [0.1, 0.15) is 165 Å². The Kier molecular flexibility index (Phi) is 13.6. The Morgan fingerprint density at radius 1 is 0.548 bits per heavy atom. The number of hydrogen-bond donors (Lipinski definition) is 4. The van der Waals surface area contributed by atoms with Gasteiger partial charge >= 0.3 is 0 Å². The van der Waals surface area contributed by atoms with E-state index in [9.17, 15) is 19.2 Å². The van der Waals surface area contributed by atoms with Crippen molar-refractivity contribution in [2.75, 3.05) is 0 Å². The summed E-state index contributed by atoms with van der Waals surface area (Å²) in [5, 5.41) is 21.3. The van der Waals surface area contributed by atoms with E-state index in [1.54, 1.807) is 28.8 Å². The minimum atomic E-state index is -0.244. The fraction of sp³-hybridized carbons (Fsp3) is 0.690. The summed E-state index contributed by atoms with van der Waals surface area (Å²) in [6, 6.07) is 11.0. The molecular formula is C58H79N9O6. The maximum atomic E-state index is 13.1. The van der Waals surface area contributed by atoms with Crippen LogP contribution in [0.15, 0.2) is 53.7 Å². The number of amides is 3. The van der Waals surface area contributed by atoms with E-state index in [4.69, 9.17) is 9.47 Å². The van der Waals surface area contributed by atoms with E-state index in [0.29, 0.717) is 77.1 Å². The van der Waals surface area contributed by atoms with Gasteiger partial charge in [-0.05, 0) is 199 Å². The Bertz CT molecular complexity index is 2590.